The molecule has 0 radical (unpaired) electrons. The third kappa shape index (κ3) is 4.36. The standard InChI is InChI=1S/C25H20ClF2NO3/c1-14-8-10-21(29-24(14)25(30)31)18-6-3-5-17(18)19-12-16(26)9-11-22(19)32-13-15-4-2-7-20(27)23(15)28/h2,4,7-12H,3,5-6,13H2,1H3,(H,30,31). The second-order valence-corrected chi connectivity index (χ2v) is 8.06. The zero-order valence-electron chi connectivity index (χ0n) is 17.3. The number of aromatic carboxylic acids is 1. The highest BCUT2D eigenvalue weighted by Gasteiger charge is 2.23. The van der Waals surface area contributed by atoms with Gasteiger partial charge in [0.15, 0.2) is 17.3 Å². The van der Waals surface area contributed by atoms with E-state index in [9.17, 15) is 18.7 Å². The molecule has 7 heteroatoms. The lowest BCUT2D eigenvalue weighted by Crippen LogP contribution is -2.06. The summed E-state index contributed by atoms with van der Waals surface area (Å²) in [6, 6.07) is 12.7. The summed E-state index contributed by atoms with van der Waals surface area (Å²) in [5.74, 6) is -2.46. The van der Waals surface area contributed by atoms with E-state index in [2.05, 4.69) is 4.98 Å². The largest absolute Gasteiger partial charge is 0.488 e. The van der Waals surface area contributed by atoms with Crippen LogP contribution < -0.4 is 4.74 Å². The van der Waals surface area contributed by atoms with Crippen LogP contribution in [0.15, 0.2) is 48.5 Å². The van der Waals surface area contributed by atoms with Crippen LogP contribution in [0, 0.1) is 18.6 Å². The number of carboxylic acids is 1. The molecule has 164 valence electrons. The Morgan fingerprint density at radius 3 is 2.69 bits per heavy atom. The summed E-state index contributed by atoms with van der Waals surface area (Å²) in [7, 11) is 0. The van der Waals surface area contributed by atoms with Gasteiger partial charge in [0, 0.05) is 16.1 Å². The molecule has 0 fully saturated rings. The molecule has 0 saturated carbocycles. The highest BCUT2D eigenvalue weighted by atomic mass is 35.5. The summed E-state index contributed by atoms with van der Waals surface area (Å²) in [6.07, 6.45) is 2.33. The Morgan fingerprint density at radius 1 is 1.12 bits per heavy atom. The third-order valence-corrected chi connectivity index (χ3v) is 5.74. The number of hydrogen-bond acceptors (Lipinski definition) is 3. The number of ether oxygens (including phenoxy) is 1. The van der Waals surface area contributed by atoms with Crippen molar-refractivity contribution in [2.75, 3.05) is 0 Å². The lowest BCUT2D eigenvalue weighted by Gasteiger charge is -2.15. The zero-order chi connectivity index (χ0) is 22.8. The van der Waals surface area contributed by atoms with E-state index in [1.165, 1.54) is 12.1 Å². The van der Waals surface area contributed by atoms with E-state index in [0.717, 1.165) is 42.0 Å². The van der Waals surface area contributed by atoms with Crippen molar-refractivity contribution in [1.82, 2.24) is 4.98 Å². The minimum Gasteiger partial charge on any atom is -0.488 e. The molecule has 0 bridgehead atoms. The summed E-state index contributed by atoms with van der Waals surface area (Å²) < 4.78 is 33.5. The van der Waals surface area contributed by atoms with Crippen molar-refractivity contribution in [3.8, 4) is 5.75 Å². The first-order chi connectivity index (χ1) is 15.3. The van der Waals surface area contributed by atoms with Crippen LogP contribution in [0.5, 0.6) is 5.75 Å². The van der Waals surface area contributed by atoms with Gasteiger partial charge < -0.3 is 9.84 Å². The molecule has 0 atom stereocenters. The van der Waals surface area contributed by atoms with Gasteiger partial charge in [-0.15, -0.1) is 0 Å². The molecule has 4 rings (SSSR count). The van der Waals surface area contributed by atoms with Gasteiger partial charge in [-0.05, 0) is 73.2 Å². The SMILES string of the molecule is Cc1ccc(C2=C(c3cc(Cl)ccc3OCc3cccc(F)c3F)CCC2)nc1C(=O)O. The fourth-order valence-corrected chi connectivity index (χ4v) is 4.09. The number of aromatic nitrogens is 1. The van der Waals surface area contributed by atoms with Crippen molar-refractivity contribution in [2.24, 2.45) is 0 Å². The summed E-state index contributed by atoms with van der Waals surface area (Å²) in [4.78, 5) is 15.9. The fraction of sp³-hybridized carbons (Fsp3) is 0.200. The summed E-state index contributed by atoms with van der Waals surface area (Å²) in [5, 5.41) is 9.95. The minimum atomic E-state index is -1.08. The van der Waals surface area contributed by atoms with Crippen molar-refractivity contribution in [3.05, 3.63) is 93.3 Å². The number of hydrogen-bond donors (Lipinski definition) is 1. The number of pyridine rings is 1. The molecule has 4 nitrogen and oxygen atoms in total. The maximum atomic E-state index is 14.0. The number of rotatable bonds is 6. The van der Waals surface area contributed by atoms with Crippen LogP contribution in [0.2, 0.25) is 5.02 Å². The first kappa shape index (κ1) is 22.0. The van der Waals surface area contributed by atoms with Crippen LogP contribution in [0.4, 0.5) is 8.78 Å². The van der Waals surface area contributed by atoms with Gasteiger partial charge in [-0.2, -0.15) is 0 Å². The van der Waals surface area contributed by atoms with Crippen molar-refractivity contribution in [3.63, 3.8) is 0 Å². The highest BCUT2D eigenvalue weighted by Crippen LogP contribution is 2.43. The number of carboxylic acid groups (broad SMARTS) is 1. The second-order valence-electron chi connectivity index (χ2n) is 7.62. The molecule has 1 aliphatic rings. The van der Waals surface area contributed by atoms with E-state index >= 15 is 0 Å². The van der Waals surface area contributed by atoms with E-state index in [-0.39, 0.29) is 17.9 Å². The fourth-order valence-electron chi connectivity index (χ4n) is 3.92. The summed E-state index contributed by atoms with van der Waals surface area (Å²) in [6.45, 7) is 1.56. The predicted octanol–water partition coefficient (Wildman–Crippen LogP) is 6.69. The third-order valence-electron chi connectivity index (χ3n) is 5.51. The molecule has 1 aromatic heterocycles. The van der Waals surface area contributed by atoms with E-state index < -0.39 is 17.6 Å². The molecule has 0 amide bonds. The van der Waals surface area contributed by atoms with Crippen LogP contribution >= 0.6 is 11.6 Å². The van der Waals surface area contributed by atoms with E-state index in [1.54, 1.807) is 31.2 Å². The molecule has 1 aliphatic carbocycles. The number of carbonyl (C=O) groups is 1. The van der Waals surface area contributed by atoms with Crippen molar-refractivity contribution in [2.45, 2.75) is 32.8 Å². The van der Waals surface area contributed by atoms with Gasteiger partial charge in [0.2, 0.25) is 0 Å². The molecule has 1 N–H and O–H groups in total. The normalized spacial score (nSPS) is 13.5. The smallest absolute Gasteiger partial charge is 0.354 e. The number of benzene rings is 2. The Kier molecular flexibility index (Phi) is 6.24. The molecule has 0 spiro atoms. The summed E-state index contributed by atoms with van der Waals surface area (Å²) >= 11 is 6.26. The molecule has 32 heavy (non-hydrogen) atoms. The maximum absolute atomic E-state index is 14.0. The quantitative estimate of drug-likeness (QED) is 0.449. The molecule has 0 saturated heterocycles. The molecule has 0 aliphatic heterocycles. The van der Waals surface area contributed by atoms with Crippen LogP contribution in [-0.4, -0.2) is 16.1 Å². The lowest BCUT2D eigenvalue weighted by atomic mass is 9.98. The van der Waals surface area contributed by atoms with Gasteiger partial charge in [0.05, 0.1) is 5.69 Å². The first-order valence-electron chi connectivity index (χ1n) is 10.1. The van der Waals surface area contributed by atoms with Gasteiger partial charge in [-0.25, -0.2) is 18.6 Å². The Morgan fingerprint density at radius 2 is 1.91 bits per heavy atom. The van der Waals surface area contributed by atoms with Gasteiger partial charge in [-0.3, -0.25) is 0 Å². The van der Waals surface area contributed by atoms with Gasteiger partial charge in [0.25, 0.3) is 0 Å². The lowest BCUT2D eigenvalue weighted by molar-refractivity contribution is 0.0689. The van der Waals surface area contributed by atoms with Crippen LogP contribution in [-0.2, 0) is 6.61 Å². The van der Waals surface area contributed by atoms with Crippen LogP contribution in [0.25, 0.3) is 11.1 Å². The number of halogens is 3. The van der Waals surface area contributed by atoms with Gasteiger partial charge >= 0.3 is 5.97 Å². The van der Waals surface area contributed by atoms with Crippen molar-refractivity contribution < 1.29 is 23.4 Å². The molecular weight excluding hydrogens is 436 g/mol. The molecule has 1 heterocycles. The minimum absolute atomic E-state index is 0.0189. The first-order valence-corrected chi connectivity index (χ1v) is 10.5. The Labute approximate surface area is 189 Å². The molecule has 2 aromatic carbocycles. The molecule has 0 unspecified atom stereocenters. The maximum Gasteiger partial charge on any atom is 0.354 e. The van der Waals surface area contributed by atoms with Crippen molar-refractivity contribution in [1.29, 1.82) is 0 Å². The Bertz CT molecular complexity index is 1240. The predicted molar refractivity (Wildman–Crippen MR) is 119 cm³/mol. The van der Waals surface area contributed by atoms with Crippen molar-refractivity contribution >= 4 is 28.7 Å². The number of nitrogens with zero attached hydrogens (tertiary/aromatic N) is 1. The van der Waals surface area contributed by atoms with E-state index in [0.29, 0.717) is 22.0 Å². The Hall–Kier alpha value is -3.25. The van der Waals surface area contributed by atoms with Gasteiger partial charge in [-0.1, -0.05) is 29.8 Å². The monoisotopic (exact) mass is 455 g/mol. The van der Waals surface area contributed by atoms with Crippen LogP contribution in [0.1, 0.15) is 52.1 Å². The van der Waals surface area contributed by atoms with Gasteiger partial charge in [0.1, 0.15) is 12.4 Å². The zero-order valence-corrected chi connectivity index (χ0v) is 18.0. The average molecular weight is 456 g/mol. The topological polar surface area (TPSA) is 59.4 Å². The van der Waals surface area contributed by atoms with E-state index in [1.807, 2.05) is 6.07 Å². The Balaban J connectivity index is 1.74. The molecule has 3 aromatic rings. The number of allylic oxidation sites excluding steroid dienone is 2. The highest BCUT2D eigenvalue weighted by molar-refractivity contribution is 6.30. The average Bonchev–Trinajstić information content (AvgIpc) is 3.25. The summed E-state index contributed by atoms with van der Waals surface area (Å²) in [5.41, 5.74) is 3.93. The second kappa shape index (κ2) is 9.09. The van der Waals surface area contributed by atoms with Crippen LogP contribution in [0.3, 0.4) is 0 Å². The number of aryl methyl sites for hydroxylation is 1. The van der Waals surface area contributed by atoms with E-state index in [4.69, 9.17) is 16.3 Å². The molecular formula is C25H20ClF2NO3.